The van der Waals surface area contributed by atoms with E-state index in [1.165, 1.54) is 18.3 Å². The van der Waals surface area contributed by atoms with Crippen LogP contribution in [-0.4, -0.2) is 23.0 Å². The van der Waals surface area contributed by atoms with Crippen LogP contribution in [0.1, 0.15) is 27.1 Å². The second-order valence-corrected chi connectivity index (χ2v) is 4.26. The number of phenolic OH excluding ortho intramolecular Hbond substituents is 1. The van der Waals surface area contributed by atoms with E-state index in [0.29, 0.717) is 5.56 Å². The number of hydrogen-bond donors (Lipinski definition) is 2. The maximum atomic E-state index is 11.8. The number of ketones is 1. The number of Topliss-reactive ketones (excluding diaryl/α,β-unsaturated/α-hetero) is 1. The summed E-state index contributed by atoms with van der Waals surface area (Å²) in [4.78, 5) is 23.5. The Kier molecular flexibility index (Phi) is 4.82. The summed E-state index contributed by atoms with van der Waals surface area (Å²) in [5, 5.41) is 13.2. The zero-order valence-corrected chi connectivity index (χ0v) is 11.2. The summed E-state index contributed by atoms with van der Waals surface area (Å²) < 4.78 is 0. The Hall–Kier alpha value is -2.95. The average molecular weight is 282 g/mol. The summed E-state index contributed by atoms with van der Waals surface area (Å²) in [6.07, 6.45) is 1.41. The van der Waals surface area contributed by atoms with Crippen LogP contribution in [0.5, 0.6) is 5.75 Å². The molecule has 2 N–H and O–H groups in total. The Morgan fingerprint density at radius 3 is 2.43 bits per heavy atom. The van der Waals surface area contributed by atoms with E-state index in [1.54, 1.807) is 36.4 Å². The number of nitrogens with one attached hydrogen (secondary N) is 1. The Bertz CT molecular complexity index is 666. The molecule has 0 saturated carbocycles. The average Bonchev–Trinajstić information content (AvgIpc) is 2.52. The Morgan fingerprint density at radius 2 is 1.71 bits per heavy atom. The van der Waals surface area contributed by atoms with Crippen LogP contribution in [0.25, 0.3) is 0 Å². The van der Waals surface area contributed by atoms with Gasteiger partial charge in [-0.05, 0) is 12.1 Å². The minimum absolute atomic E-state index is 0.0869. The molecule has 5 nitrogen and oxygen atoms in total. The molecule has 0 aromatic heterocycles. The Balaban J connectivity index is 1.87. The van der Waals surface area contributed by atoms with Gasteiger partial charge in [-0.1, -0.05) is 42.5 Å². The molecule has 0 unspecified atom stereocenters. The zero-order valence-electron chi connectivity index (χ0n) is 11.2. The number of carbonyl (C=O) groups excluding carboxylic acids is 2. The predicted molar refractivity (Wildman–Crippen MR) is 79.5 cm³/mol. The largest absolute Gasteiger partial charge is 0.507 e. The standard InChI is InChI=1S/C16H14N2O3/c19-14(12-6-2-1-3-7-12)10-11-17-18-16(21)13-8-4-5-9-15(13)20/h1-9,11,20H,10H2,(H,18,21). The summed E-state index contributed by atoms with van der Waals surface area (Å²) in [5.41, 5.74) is 2.99. The molecule has 2 aromatic carbocycles. The number of amides is 1. The normalized spacial score (nSPS) is 10.5. The van der Waals surface area contributed by atoms with E-state index in [0.717, 1.165) is 0 Å². The number of para-hydroxylation sites is 1. The third-order valence-corrected chi connectivity index (χ3v) is 2.78. The molecule has 1 amide bonds. The summed E-state index contributed by atoms with van der Waals surface area (Å²) in [6, 6.07) is 15.0. The van der Waals surface area contributed by atoms with Crippen molar-refractivity contribution in [2.75, 3.05) is 0 Å². The van der Waals surface area contributed by atoms with Crippen LogP contribution in [0.4, 0.5) is 0 Å². The maximum Gasteiger partial charge on any atom is 0.275 e. The molecule has 5 heteroatoms. The van der Waals surface area contributed by atoms with E-state index in [9.17, 15) is 14.7 Å². The van der Waals surface area contributed by atoms with Gasteiger partial charge in [-0.2, -0.15) is 5.10 Å². The molecule has 0 spiro atoms. The molecular weight excluding hydrogens is 268 g/mol. The smallest absolute Gasteiger partial charge is 0.275 e. The topological polar surface area (TPSA) is 78.8 Å². The minimum atomic E-state index is -0.531. The summed E-state index contributed by atoms with van der Waals surface area (Å²) in [7, 11) is 0. The highest BCUT2D eigenvalue weighted by molar-refractivity contribution is 6.04. The third kappa shape index (κ3) is 4.01. The molecule has 0 fully saturated rings. The van der Waals surface area contributed by atoms with Gasteiger partial charge < -0.3 is 5.11 Å². The number of nitrogens with zero attached hydrogens (tertiary/aromatic N) is 1. The lowest BCUT2D eigenvalue weighted by Gasteiger charge is -2.01. The van der Waals surface area contributed by atoms with Gasteiger partial charge in [0.15, 0.2) is 5.78 Å². The number of benzene rings is 2. The first-order chi connectivity index (χ1) is 10.2. The van der Waals surface area contributed by atoms with Crippen molar-refractivity contribution in [3.8, 4) is 5.75 Å². The summed E-state index contributed by atoms with van der Waals surface area (Å²) >= 11 is 0. The monoisotopic (exact) mass is 282 g/mol. The molecular formula is C16H14N2O3. The molecule has 21 heavy (non-hydrogen) atoms. The molecule has 2 aromatic rings. The van der Waals surface area contributed by atoms with Crippen LogP contribution in [0.3, 0.4) is 0 Å². The minimum Gasteiger partial charge on any atom is -0.507 e. The predicted octanol–water partition coefficient (Wildman–Crippen LogP) is 2.38. The molecule has 0 heterocycles. The second-order valence-electron chi connectivity index (χ2n) is 4.26. The van der Waals surface area contributed by atoms with Crippen molar-refractivity contribution in [1.82, 2.24) is 5.43 Å². The van der Waals surface area contributed by atoms with Crippen molar-refractivity contribution in [3.63, 3.8) is 0 Å². The number of aromatic hydroxyl groups is 1. The number of hydrogen-bond acceptors (Lipinski definition) is 4. The molecule has 0 radical (unpaired) electrons. The zero-order chi connectivity index (χ0) is 15.1. The van der Waals surface area contributed by atoms with Crippen LogP contribution < -0.4 is 5.43 Å². The quantitative estimate of drug-likeness (QED) is 0.502. The van der Waals surface area contributed by atoms with Crippen molar-refractivity contribution in [2.45, 2.75) is 6.42 Å². The van der Waals surface area contributed by atoms with Gasteiger partial charge in [-0.3, -0.25) is 9.59 Å². The fraction of sp³-hybridized carbons (Fsp3) is 0.0625. The van der Waals surface area contributed by atoms with Crippen LogP contribution in [0, 0.1) is 0 Å². The van der Waals surface area contributed by atoms with Gasteiger partial charge in [0.2, 0.25) is 0 Å². The van der Waals surface area contributed by atoms with Gasteiger partial charge in [0.05, 0.1) is 5.56 Å². The third-order valence-electron chi connectivity index (χ3n) is 2.78. The van der Waals surface area contributed by atoms with E-state index in [2.05, 4.69) is 10.5 Å². The molecule has 0 bridgehead atoms. The molecule has 2 rings (SSSR count). The van der Waals surface area contributed by atoms with Gasteiger partial charge in [0, 0.05) is 18.2 Å². The lowest BCUT2D eigenvalue weighted by Crippen LogP contribution is -2.17. The highest BCUT2D eigenvalue weighted by Gasteiger charge is 2.08. The number of carbonyl (C=O) groups is 2. The SMILES string of the molecule is O=C(CC=NNC(=O)c1ccccc1O)c1ccccc1. The fourth-order valence-corrected chi connectivity index (χ4v) is 1.70. The maximum absolute atomic E-state index is 11.8. The van der Waals surface area contributed by atoms with Crippen LogP contribution >= 0.6 is 0 Å². The van der Waals surface area contributed by atoms with Crippen molar-refractivity contribution in [1.29, 1.82) is 0 Å². The lowest BCUT2D eigenvalue weighted by molar-refractivity contribution is 0.0949. The summed E-state index contributed by atoms with van der Waals surface area (Å²) in [6.45, 7) is 0. The number of phenols is 1. The molecule has 0 atom stereocenters. The van der Waals surface area contributed by atoms with Crippen molar-refractivity contribution >= 4 is 17.9 Å². The first kappa shape index (κ1) is 14.5. The first-order valence-corrected chi connectivity index (χ1v) is 6.36. The van der Waals surface area contributed by atoms with E-state index in [4.69, 9.17) is 0 Å². The Morgan fingerprint density at radius 1 is 1.05 bits per heavy atom. The van der Waals surface area contributed by atoms with Gasteiger partial charge in [-0.25, -0.2) is 5.43 Å². The van der Waals surface area contributed by atoms with Crippen LogP contribution in [0.15, 0.2) is 59.7 Å². The summed E-state index contributed by atoms with van der Waals surface area (Å²) in [5.74, 6) is -0.738. The fourth-order valence-electron chi connectivity index (χ4n) is 1.70. The van der Waals surface area contributed by atoms with Crippen LogP contribution in [-0.2, 0) is 0 Å². The molecule has 0 aliphatic rings. The van der Waals surface area contributed by atoms with Gasteiger partial charge in [-0.15, -0.1) is 0 Å². The lowest BCUT2D eigenvalue weighted by atomic mass is 10.1. The van der Waals surface area contributed by atoms with E-state index < -0.39 is 5.91 Å². The van der Waals surface area contributed by atoms with Crippen molar-refractivity contribution in [3.05, 3.63) is 65.7 Å². The van der Waals surface area contributed by atoms with Gasteiger partial charge in [0.1, 0.15) is 5.75 Å². The van der Waals surface area contributed by atoms with E-state index in [1.807, 2.05) is 6.07 Å². The van der Waals surface area contributed by atoms with Gasteiger partial charge in [0.25, 0.3) is 5.91 Å². The van der Waals surface area contributed by atoms with E-state index in [-0.39, 0.29) is 23.5 Å². The second kappa shape index (κ2) is 7.00. The Labute approximate surface area is 121 Å². The van der Waals surface area contributed by atoms with E-state index >= 15 is 0 Å². The van der Waals surface area contributed by atoms with Gasteiger partial charge >= 0.3 is 0 Å². The number of hydrazone groups is 1. The molecule has 0 aliphatic carbocycles. The number of rotatable bonds is 5. The van der Waals surface area contributed by atoms with Crippen LogP contribution in [0.2, 0.25) is 0 Å². The van der Waals surface area contributed by atoms with Crippen molar-refractivity contribution in [2.24, 2.45) is 5.10 Å². The first-order valence-electron chi connectivity index (χ1n) is 6.36. The molecule has 0 aliphatic heterocycles. The van der Waals surface area contributed by atoms with Crippen molar-refractivity contribution < 1.29 is 14.7 Å². The highest BCUT2D eigenvalue weighted by Crippen LogP contribution is 2.14. The molecule has 0 saturated heterocycles. The molecule has 106 valence electrons. The highest BCUT2D eigenvalue weighted by atomic mass is 16.3.